The lowest BCUT2D eigenvalue weighted by atomic mass is 9.83. The van der Waals surface area contributed by atoms with E-state index in [1.54, 1.807) is 0 Å². The highest BCUT2D eigenvalue weighted by Gasteiger charge is 2.24. The molecular weight excluding hydrogens is 186 g/mol. The van der Waals surface area contributed by atoms with Crippen molar-refractivity contribution in [3.8, 4) is 0 Å². The number of rotatable bonds is 3. The van der Waals surface area contributed by atoms with E-state index in [-0.39, 0.29) is 6.10 Å². The van der Waals surface area contributed by atoms with Crippen molar-refractivity contribution >= 4 is 0 Å². The Morgan fingerprint density at radius 2 is 1.73 bits per heavy atom. The first-order chi connectivity index (χ1) is 7.36. The van der Waals surface area contributed by atoms with Crippen LogP contribution >= 0.6 is 0 Å². The van der Waals surface area contributed by atoms with Gasteiger partial charge in [-0.1, -0.05) is 38.5 Å². The Morgan fingerprint density at radius 1 is 1.00 bits per heavy atom. The molecule has 2 heteroatoms. The number of hydrogen-bond acceptors (Lipinski definition) is 2. The van der Waals surface area contributed by atoms with E-state index in [0.29, 0.717) is 6.04 Å². The van der Waals surface area contributed by atoms with Gasteiger partial charge in [0.1, 0.15) is 0 Å². The summed E-state index contributed by atoms with van der Waals surface area (Å²) in [6.45, 7) is 1.10. The molecule has 2 fully saturated rings. The van der Waals surface area contributed by atoms with Crippen LogP contribution in [0.5, 0.6) is 0 Å². The standard InChI is InChI=1S/C13H25NO/c15-13(12-8-4-5-9-14-12)10-11-6-2-1-3-7-11/h11-15H,1-10H2. The molecule has 2 N–H and O–H groups in total. The normalized spacial score (nSPS) is 31.4. The van der Waals surface area contributed by atoms with Crippen molar-refractivity contribution in [3.63, 3.8) is 0 Å². The predicted octanol–water partition coefficient (Wildman–Crippen LogP) is 2.46. The zero-order valence-electron chi connectivity index (χ0n) is 9.75. The van der Waals surface area contributed by atoms with Crippen LogP contribution in [0.4, 0.5) is 0 Å². The molecule has 1 heterocycles. The Bertz CT molecular complexity index is 171. The zero-order valence-corrected chi connectivity index (χ0v) is 9.75. The van der Waals surface area contributed by atoms with Crippen molar-refractivity contribution in [1.29, 1.82) is 0 Å². The van der Waals surface area contributed by atoms with Gasteiger partial charge in [-0.25, -0.2) is 0 Å². The van der Waals surface area contributed by atoms with Gasteiger partial charge in [-0.2, -0.15) is 0 Å². The molecule has 0 aromatic rings. The molecule has 1 saturated heterocycles. The molecule has 0 aromatic carbocycles. The van der Waals surface area contributed by atoms with Crippen LogP contribution in [-0.4, -0.2) is 23.8 Å². The first-order valence-corrected chi connectivity index (χ1v) is 6.78. The van der Waals surface area contributed by atoms with Crippen LogP contribution in [0.25, 0.3) is 0 Å². The van der Waals surface area contributed by atoms with E-state index in [0.717, 1.165) is 18.9 Å². The summed E-state index contributed by atoms with van der Waals surface area (Å²) in [4.78, 5) is 0. The van der Waals surface area contributed by atoms with E-state index in [4.69, 9.17) is 0 Å². The third-order valence-corrected chi connectivity index (χ3v) is 4.11. The third-order valence-electron chi connectivity index (χ3n) is 4.11. The van der Waals surface area contributed by atoms with Crippen molar-refractivity contribution < 1.29 is 5.11 Å². The van der Waals surface area contributed by atoms with Crippen LogP contribution in [0.15, 0.2) is 0 Å². The second-order valence-corrected chi connectivity index (χ2v) is 5.36. The topological polar surface area (TPSA) is 32.3 Å². The van der Waals surface area contributed by atoms with Gasteiger partial charge in [-0.15, -0.1) is 0 Å². The van der Waals surface area contributed by atoms with Crippen LogP contribution in [0, 0.1) is 5.92 Å². The average molecular weight is 211 g/mol. The molecule has 2 nitrogen and oxygen atoms in total. The molecule has 1 saturated carbocycles. The van der Waals surface area contributed by atoms with Crippen LogP contribution in [0.1, 0.15) is 57.8 Å². The van der Waals surface area contributed by atoms with Crippen LogP contribution in [0.2, 0.25) is 0 Å². The van der Waals surface area contributed by atoms with Crippen LogP contribution in [0.3, 0.4) is 0 Å². The predicted molar refractivity (Wildman–Crippen MR) is 62.8 cm³/mol. The minimum Gasteiger partial charge on any atom is -0.391 e. The highest BCUT2D eigenvalue weighted by molar-refractivity contribution is 4.82. The molecule has 2 atom stereocenters. The number of aliphatic hydroxyl groups excluding tert-OH is 1. The molecule has 2 aliphatic rings. The monoisotopic (exact) mass is 211 g/mol. The summed E-state index contributed by atoms with van der Waals surface area (Å²) >= 11 is 0. The van der Waals surface area contributed by atoms with Gasteiger partial charge in [0.15, 0.2) is 0 Å². The molecule has 0 aromatic heterocycles. The molecule has 1 aliphatic carbocycles. The lowest BCUT2D eigenvalue weighted by Crippen LogP contribution is -2.43. The maximum atomic E-state index is 10.2. The minimum atomic E-state index is -0.0894. The van der Waals surface area contributed by atoms with Gasteiger partial charge in [0.05, 0.1) is 6.10 Å². The summed E-state index contributed by atoms with van der Waals surface area (Å²) in [5.74, 6) is 0.803. The molecule has 15 heavy (non-hydrogen) atoms. The highest BCUT2D eigenvalue weighted by atomic mass is 16.3. The van der Waals surface area contributed by atoms with Gasteiger partial charge in [0, 0.05) is 6.04 Å². The summed E-state index contributed by atoms with van der Waals surface area (Å²) in [6, 6.07) is 0.390. The van der Waals surface area contributed by atoms with E-state index in [2.05, 4.69) is 5.32 Å². The Hall–Kier alpha value is -0.0800. The van der Waals surface area contributed by atoms with Gasteiger partial charge < -0.3 is 10.4 Å². The maximum absolute atomic E-state index is 10.2. The van der Waals surface area contributed by atoms with Gasteiger partial charge in [-0.05, 0) is 31.7 Å². The van der Waals surface area contributed by atoms with Gasteiger partial charge >= 0.3 is 0 Å². The molecule has 0 radical (unpaired) electrons. The van der Waals surface area contributed by atoms with Crippen molar-refractivity contribution in [2.24, 2.45) is 5.92 Å². The quantitative estimate of drug-likeness (QED) is 0.751. The second kappa shape index (κ2) is 5.86. The first-order valence-electron chi connectivity index (χ1n) is 6.78. The Morgan fingerprint density at radius 3 is 2.40 bits per heavy atom. The minimum absolute atomic E-state index is 0.0894. The van der Waals surface area contributed by atoms with E-state index in [1.807, 2.05) is 0 Å². The highest BCUT2D eigenvalue weighted by Crippen LogP contribution is 2.28. The average Bonchev–Trinajstić information content (AvgIpc) is 2.31. The molecule has 0 spiro atoms. The summed E-state index contributed by atoms with van der Waals surface area (Å²) < 4.78 is 0. The SMILES string of the molecule is OC(CC1CCCCC1)C1CCCCN1. The van der Waals surface area contributed by atoms with Gasteiger partial charge in [0.2, 0.25) is 0 Å². The van der Waals surface area contributed by atoms with Crippen molar-refractivity contribution in [2.75, 3.05) is 6.54 Å². The van der Waals surface area contributed by atoms with E-state index in [1.165, 1.54) is 51.4 Å². The summed E-state index contributed by atoms with van der Waals surface area (Å²) in [5.41, 5.74) is 0. The molecular formula is C13H25NO. The van der Waals surface area contributed by atoms with Crippen molar-refractivity contribution in [3.05, 3.63) is 0 Å². The lowest BCUT2D eigenvalue weighted by Gasteiger charge is -2.31. The van der Waals surface area contributed by atoms with Gasteiger partial charge in [0.25, 0.3) is 0 Å². The molecule has 1 aliphatic heterocycles. The largest absolute Gasteiger partial charge is 0.391 e. The van der Waals surface area contributed by atoms with Gasteiger partial charge in [-0.3, -0.25) is 0 Å². The van der Waals surface area contributed by atoms with E-state index < -0.39 is 0 Å². The van der Waals surface area contributed by atoms with E-state index >= 15 is 0 Å². The van der Waals surface area contributed by atoms with E-state index in [9.17, 15) is 5.11 Å². The third kappa shape index (κ3) is 3.46. The number of piperidine rings is 1. The second-order valence-electron chi connectivity index (χ2n) is 5.36. The number of nitrogens with one attached hydrogen (secondary N) is 1. The maximum Gasteiger partial charge on any atom is 0.0695 e. The molecule has 0 bridgehead atoms. The van der Waals surface area contributed by atoms with Crippen LogP contribution in [-0.2, 0) is 0 Å². The molecule has 0 amide bonds. The Balaban J connectivity index is 1.72. The first kappa shape index (κ1) is 11.4. The Labute approximate surface area is 93.5 Å². The smallest absolute Gasteiger partial charge is 0.0695 e. The zero-order chi connectivity index (χ0) is 10.5. The number of aliphatic hydroxyl groups is 1. The molecule has 2 rings (SSSR count). The lowest BCUT2D eigenvalue weighted by molar-refractivity contribution is 0.0807. The fraction of sp³-hybridized carbons (Fsp3) is 1.00. The van der Waals surface area contributed by atoms with Crippen molar-refractivity contribution in [2.45, 2.75) is 69.9 Å². The fourth-order valence-electron chi connectivity index (χ4n) is 3.14. The summed E-state index contributed by atoms with van der Waals surface area (Å²) in [6.07, 6.45) is 11.6. The molecule has 88 valence electrons. The Kier molecular flexibility index (Phi) is 4.45. The number of hydrogen-bond donors (Lipinski definition) is 2. The molecule has 2 unspecified atom stereocenters. The summed E-state index contributed by atoms with van der Waals surface area (Å²) in [5, 5.41) is 13.6. The van der Waals surface area contributed by atoms with Crippen molar-refractivity contribution in [1.82, 2.24) is 5.32 Å². The van der Waals surface area contributed by atoms with Crippen LogP contribution < -0.4 is 5.32 Å². The summed E-state index contributed by atoms with van der Waals surface area (Å²) in [7, 11) is 0. The fourth-order valence-corrected chi connectivity index (χ4v) is 3.14.